The molecule has 0 amide bonds. The molecule has 0 atom stereocenters. The Kier molecular flexibility index (Phi) is 3.25. The fourth-order valence-corrected chi connectivity index (χ4v) is 2.33. The molecule has 1 N–H and O–H groups in total. The van der Waals surface area contributed by atoms with Crippen molar-refractivity contribution in [1.82, 2.24) is 9.97 Å². The molecule has 6 heteroatoms. The molecule has 2 aromatic heterocycles. The molecule has 0 aliphatic carbocycles. The third-order valence-electron chi connectivity index (χ3n) is 3.09. The predicted molar refractivity (Wildman–Crippen MR) is 77.4 cm³/mol. The number of pyridine rings is 2. The van der Waals surface area contributed by atoms with Crippen molar-refractivity contribution < 1.29 is 13.2 Å². The number of hydrogen-bond acceptors (Lipinski definition) is 2. The van der Waals surface area contributed by atoms with Crippen LogP contribution in [0.1, 0.15) is 5.56 Å². The molecule has 0 bridgehead atoms. The number of aromatic amines is 1. The number of benzene rings is 1. The SMILES string of the molecule is FC(F)(F)c1cc(-c2ccc3cccnc3c2)[nH]c(=S)c1. The zero-order valence-corrected chi connectivity index (χ0v) is 11.4. The number of nitrogens with zero attached hydrogens (tertiary/aromatic N) is 1. The molecule has 0 aliphatic rings. The van der Waals surface area contributed by atoms with Crippen LogP contribution in [0, 0.1) is 4.64 Å². The highest BCUT2D eigenvalue weighted by atomic mass is 32.1. The van der Waals surface area contributed by atoms with Gasteiger partial charge in [-0.3, -0.25) is 4.98 Å². The summed E-state index contributed by atoms with van der Waals surface area (Å²) in [5.74, 6) is 0. The Morgan fingerprint density at radius 2 is 1.86 bits per heavy atom. The van der Waals surface area contributed by atoms with Crippen molar-refractivity contribution >= 4 is 23.1 Å². The Morgan fingerprint density at radius 1 is 1.05 bits per heavy atom. The molecule has 0 saturated carbocycles. The molecule has 0 aliphatic heterocycles. The number of rotatable bonds is 1. The molecular formula is C15H9F3N2S. The van der Waals surface area contributed by atoms with Crippen LogP contribution >= 0.6 is 12.2 Å². The number of halogens is 3. The van der Waals surface area contributed by atoms with Crippen molar-refractivity contribution in [2.75, 3.05) is 0 Å². The van der Waals surface area contributed by atoms with Gasteiger partial charge in [0.25, 0.3) is 0 Å². The molecule has 0 radical (unpaired) electrons. The predicted octanol–water partition coefficient (Wildman–Crippen LogP) is 4.98. The lowest BCUT2D eigenvalue weighted by molar-refractivity contribution is -0.137. The number of H-pyrrole nitrogens is 1. The van der Waals surface area contributed by atoms with Crippen molar-refractivity contribution in [3.05, 3.63) is 58.9 Å². The second-order valence-electron chi connectivity index (χ2n) is 4.56. The van der Waals surface area contributed by atoms with E-state index in [0.29, 0.717) is 16.8 Å². The topological polar surface area (TPSA) is 28.7 Å². The van der Waals surface area contributed by atoms with E-state index in [2.05, 4.69) is 9.97 Å². The van der Waals surface area contributed by atoms with Crippen LogP contribution in [0.2, 0.25) is 0 Å². The van der Waals surface area contributed by atoms with E-state index in [-0.39, 0.29) is 4.64 Å². The average Bonchev–Trinajstić information content (AvgIpc) is 2.45. The third kappa shape index (κ3) is 2.80. The lowest BCUT2D eigenvalue weighted by Gasteiger charge is -2.09. The van der Waals surface area contributed by atoms with Gasteiger partial charge >= 0.3 is 6.18 Å². The molecule has 0 unspecified atom stereocenters. The zero-order valence-electron chi connectivity index (χ0n) is 10.6. The van der Waals surface area contributed by atoms with Crippen molar-refractivity contribution in [1.29, 1.82) is 0 Å². The molecule has 2 nitrogen and oxygen atoms in total. The first-order chi connectivity index (χ1) is 9.93. The molecule has 21 heavy (non-hydrogen) atoms. The molecule has 1 aromatic carbocycles. The van der Waals surface area contributed by atoms with Crippen molar-refractivity contribution in [2.45, 2.75) is 6.18 Å². The summed E-state index contributed by atoms with van der Waals surface area (Å²) in [6.07, 6.45) is -2.78. The van der Waals surface area contributed by atoms with Gasteiger partial charge < -0.3 is 4.98 Å². The van der Waals surface area contributed by atoms with Crippen LogP contribution in [0.5, 0.6) is 0 Å². The van der Waals surface area contributed by atoms with E-state index in [1.807, 2.05) is 12.1 Å². The number of alkyl halides is 3. The zero-order chi connectivity index (χ0) is 15.0. The maximum atomic E-state index is 12.8. The third-order valence-corrected chi connectivity index (χ3v) is 3.31. The summed E-state index contributed by atoms with van der Waals surface area (Å²) < 4.78 is 38.6. The molecule has 106 valence electrons. The second-order valence-corrected chi connectivity index (χ2v) is 5.00. The van der Waals surface area contributed by atoms with Crippen LogP contribution < -0.4 is 0 Å². The number of aromatic nitrogens is 2. The Morgan fingerprint density at radius 3 is 2.62 bits per heavy atom. The lowest BCUT2D eigenvalue weighted by Crippen LogP contribution is -2.05. The number of nitrogens with one attached hydrogen (secondary N) is 1. The quantitative estimate of drug-likeness (QED) is 0.642. The van der Waals surface area contributed by atoms with E-state index in [1.54, 1.807) is 24.4 Å². The standard InChI is InChI=1S/C15H9F3N2S/c16-15(17,18)11-7-13(20-14(21)8-11)10-4-3-9-2-1-5-19-12(9)6-10/h1-8H,(H,20,21). The summed E-state index contributed by atoms with van der Waals surface area (Å²) in [5.41, 5.74) is 0.884. The highest BCUT2D eigenvalue weighted by molar-refractivity contribution is 7.71. The highest BCUT2D eigenvalue weighted by Crippen LogP contribution is 2.32. The van der Waals surface area contributed by atoms with Gasteiger partial charge in [-0.2, -0.15) is 13.2 Å². The normalized spacial score (nSPS) is 11.8. The van der Waals surface area contributed by atoms with Gasteiger partial charge in [0.05, 0.1) is 11.1 Å². The van der Waals surface area contributed by atoms with E-state index in [9.17, 15) is 13.2 Å². The molecule has 3 aromatic rings. The fraction of sp³-hybridized carbons (Fsp3) is 0.0667. The first-order valence-corrected chi connectivity index (χ1v) is 6.51. The van der Waals surface area contributed by atoms with Gasteiger partial charge in [-0.1, -0.05) is 30.4 Å². The maximum Gasteiger partial charge on any atom is 0.416 e. The van der Waals surface area contributed by atoms with E-state index < -0.39 is 11.7 Å². The minimum atomic E-state index is -4.42. The summed E-state index contributed by atoms with van der Waals surface area (Å²) in [7, 11) is 0. The second kappa shape index (κ2) is 4.96. The largest absolute Gasteiger partial charge is 0.416 e. The highest BCUT2D eigenvalue weighted by Gasteiger charge is 2.31. The molecular weight excluding hydrogens is 297 g/mol. The van der Waals surface area contributed by atoms with Gasteiger partial charge in [-0.25, -0.2) is 0 Å². The summed E-state index contributed by atoms with van der Waals surface area (Å²) in [5, 5.41) is 0.923. The minimum absolute atomic E-state index is 0.0425. The number of hydrogen-bond donors (Lipinski definition) is 1. The lowest BCUT2D eigenvalue weighted by atomic mass is 10.1. The van der Waals surface area contributed by atoms with Gasteiger partial charge in [0.2, 0.25) is 0 Å². The summed E-state index contributed by atoms with van der Waals surface area (Å²) in [6.45, 7) is 0. The van der Waals surface area contributed by atoms with Crippen molar-refractivity contribution in [2.24, 2.45) is 0 Å². The Labute approximate surface area is 123 Å². The fourth-order valence-electron chi connectivity index (χ4n) is 2.10. The van der Waals surface area contributed by atoms with Crippen LogP contribution in [0.3, 0.4) is 0 Å². The van der Waals surface area contributed by atoms with Crippen molar-refractivity contribution in [3.8, 4) is 11.3 Å². The Balaban J connectivity index is 2.18. The van der Waals surface area contributed by atoms with E-state index >= 15 is 0 Å². The summed E-state index contributed by atoms with van der Waals surface area (Å²) in [6, 6.07) is 11.0. The summed E-state index contributed by atoms with van der Waals surface area (Å²) in [4.78, 5) is 6.99. The number of fused-ring (bicyclic) bond motifs is 1. The van der Waals surface area contributed by atoms with Crippen LogP contribution in [0.4, 0.5) is 13.2 Å². The Hall–Kier alpha value is -2.21. The first kappa shape index (κ1) is 13.8. The molecule has 0 fully saturated rings. The Bertz CT molecular complexity index is 868. The summed E-state index contributed by atoms with van der Waals surface area (Å²) >= 11 is 4.88. The van der Waals surface area contributed by atoms with Crippen LogP contribution in [-0.4, -0.2) is 9.97 Å². The van der Waals surface area contributed by atoms with Gasteiger partial charge in [0.15, 0.2) is 0 Å². The van der Waals surface area contributed by atoms with Crippen LogP contribution in [0.15, 0.2) is 48.7 Å². The maximum absolute atomic E-state index is 12.8. The van der Waals surface area contributed by atoms with Crippen LogP contribution in [-0.2, 0) is 6.18 Å². The average molecular weight is 306 g/mol. The van der Waals surface area contributed by atoms with Gasteiger partial charge in [0, 0.05) is 22.8 Å². The van der Waals surface area contributed by atoms with E-state index in [1.165, 1.54) is 0 Å². The van der Waals surface area contributed by atoms with E-state index in [0.717, 1.165) is 17.5 Å². The van der Waals surface area contributed by atoms with Gasteiger partial charge in [-0.15, -0.1) is 0 Å². The molecule has 0 saturated heterocycles. The van der Waals surface area contributed by atoms with Gasteiger partial charge in [0.1, 0.15) is 4.64 Å². The first-order valence-electron chi connectivity index (χ1n) is 6.10. The smallest absolute Gasteiger partial charge is 0.346 e. The van der Waals surface area contributed by atoms with Crippen molar-refractivity contribution in [3.63, 3.8) is 0 Å². The molecule has 3 rings (SSSR count). The van der Waals surface area contributed by atoms with Gasteiger partial charge in [-0.05, 0) is 24.3 Å². The van der Waals surface area contributed by atoms with E-state index in [4.69, 9.17) is 12.2 Å². The van der Waals surface area contributed by atoms with Crippen LogP contribution in [0.25, 0.3) is 22.2 Å². The molecule has 2 heterocycles. The minimum Gasteiger partial charge on any atom is -0.346 e. The monoisotopic (exact) mass is 306 g/mol. The molecule has 0 spiro atoms.